The normalized spacial score (nSPS) is 22.8. The molecule has 0 spiro atoms. The molecular formula is C32H36N6O3. The molecule has 3 aliphatic heterocycles. The Balaban J connectivity index is 1.33. The first-order valence-corrected chi connectivity index (χ1v) is 14.4. The quantitative estimate of drug-likeness (QED) is 0.406. The Morgan fingerprint density at radius 3 is 2.83 bits per heavy atom. The lowest BCUT2D eigenvalue weighted by Gasteiger charge is -2.41. The standard InChI is InChI=1S/C32H36N6O3/c1-3-30(39)38-17-16-37(19-23(38)13-14-33)31-27-21-40-29(26-12-6-9-22-8-4-5-11-25(22)26)18-28(27)34-32(35-31)41-20-24-10-7-15-36(24)2/h3-6,8-9,11-12,23-24,29H,1,7,10,13,15-21H2,2H3/t23-,24-,29-/m0/s1. The van der Waals surface area contributed by atoms with Gasteiger partial charge in [-0.1, -0.05) is 49.0 Å². The van der Waals surface area contributed by atoms with E-state index in [1.165, 1.54) is 23.3 Å². The molecule has 0 N–H and O–H groups in total. The summed E-state index contributed by atoms with van der Waals surface area (Å²) in [6.45, 7) is 7.19. The van der Waals surface area contributed by atoms with Gasteiger partial charge in [-0.3, -0.25) is 4.79 Å². The van der Waals surface area contributed by atoms with Crippen LogP contribution in [0.2, 0.25) is 0 Å². The lowest BCUT2D eigenvalue weighted by atomic mass is 9.94. The zero-order valence-corrected chi connectivity index (χ0v) is 23.5. The summed E-state index contributed by atoms with van der Waals surface area (Å²) in [6, 6.07) is 17.4. The number of carbonyl (C=O) groups is 1. The first-order valence-electron chi connectivity index (χ1n) is 14.4. The number of aromatic nitrogens is 2. The van der Waals surface area contributed by atoms with E-state index in [0.717, 1.165) is 35.6 Å². The van der Waals surface area contributed by atoms with Crippen LogP contribution in [0.5, 0.6) is 6.01 Å². The Bertz CT molecular complexity index is 1480. The van der Waals surface area contributed by atoms with Crippen LogP contribution in [0.25, 0.3) is 10.8 Å². The molecule has 0 bridgehead atoms. The van der Waals surface area contributed by atoms with Gasteiger partial charge in [0.1, 0.15) is 12.4 Å². The Kier molecular flexibility index (Phi) is 7.86. The number of fused-ring (bicyclic) bond motifs is 2. The van der Waals surface area contributed by atoms with Crippen molar-refractivity contribution >= 4 is 22.5 Å². The van der Waals surface area contributed by atoms with E-state index in [2.05, 4.69) is 72.0 Å². The molecule has 41 heavy (non-hydrogen) atoms. The van der Waals surface area contributed by atoms with Gasteiger partial charge in [-0.25, -0.2) is 0 Å². The molecule has 3 aliphatic rings. The molecule has 3 atom stereocenters. The van der Waals surface area contributed by atoms with E-state index in [1.54, 1.807) is 4.90 Å². The highest BCUT2D eigenvalue weighted by Crippen LogP contribution is 2.38. The van der Waals surface area contributed by atoms with Crippen molar-refractivity contribution < 1.29 is 14.3 Å². The minimum Gasteiger partial charge on any atom is -0.462 e. The topological polar surface area (TPSA) is 94.8 Å². The zero-order valence-electron chi connectivity index (χ0n) is 23.5. The molecule has 2 aromatic carbocycles. The second kappa shape index (κ2) is 11.9. The second-order valence-corrected chi connectivity index (χ2v) is 11.1. The highest BCUT2D eigenvalue weighted by atomic mass is 16.5. The summed E-state index contributed by atoms with van der Waals surface area (Å²) in [6.07, 6.45) is 4.28. The summed E-state index contributed by atoms with van der Waals surface area (Å²) in [7, 11) is 2.13. The molecule has 0 saturated carbocycles. The summed E-state index contributed by atoms with van der Waals surface area (Å²) in [5, 5.41) is 11.9. The number of benzene rings is 2. The van der Waals surface area contributed by atoms with Gasteiger partial charge in [0.15, 0.2) is 0 Å². The van der Waals surface area contributed by atoms with E-state index in [-0.39, 0.29) is 24.5 Å². The number of nitriles is 1. The van der Waals surface area contributed by atoms with Gasteiger partial charge in [-0.15, -0.1) is 0 Å². The number of likely N-dealkylation sites (N-methyl/N-ethyl adjacent to an activating group) is 1. The first-order chi connectivity index (χ1) is 20.1. The lowest BCUT2D eigenvalue weighted by Crippen LogP contribution is -2.55. The van der Waals surface area contributed by atoms with Crippen molar-refractivity contribution in [3.63, 3.8) is 0 Å². The van der Waals surface area contributed by atoms with Crippen molar-refractivity contribution in [2.75, 3.05) is 44.7 Å². The van der Waals surface area contributed by atoms with Gasteiger partial charge in [-0.05, 0) is 48.8 Å². The Labute approximate surface area is 241 Å². The number of piperazine rings is 1. The third-order valence-electron chi connectivity index (χ3n) is 8.67. The van der Waals surface area contributed by atoms with Gasteiger partial charge >= 0.3 is 6.01 Å². The van der Waals surface area contributed by atoms with Gasteiger partial charge in [0.2, 0.25) is 5.91 Å². The molecule has 3 aromatic rings. The molecule has 1 amide bonds. The van der Waals surface area contributed by atoms with E-state index < -0.39 is 0 Å². The first kappa shape index (κ1) is 27.2. The predicted octanol–water partition coefficient (Wildman–Crippen LogP) is 4.03. The van der Waals surface area contributed by atoms with Crippen LogP contribution in [-0.4, -0.2) is 77.6 Å². The Morgan fingerprint density at radius 1 is 1.17 bits per heavy atom. The van der Waals surface area contributed by atoms with Crippen LogP contribution in [0.15, 0.2) is 55.1 Å². The fourth-order valence-electron chi connectivity index (χ4n) is 6.38. The molecule has 0 aliphatic carbocycles. The predicted molar refractivity (Wildman–Crippen MR) is 157 cm³/mol. The molecule has 6 rings (SSSR count). The van der Waals surface area contributed by atoms with Crippen LogP contribution in [0, 0.1) is 11.3 Å². The van der Waals surface area contributed by atoms with Gasteiger partial charge in [0, 0.05) is 37.7 Å². The van der Waals surface area contributed by atoms with Crippen LogP contribution in [0.4, 0.5) is 5.82 Å². The molecule has 2 fully saturated rings. The fraction of sp³-hybridized carbons (Fsp3) is 0.438. The van der Waals surface area contributed by atoms with Crippen LogP contribution >= 0.6 is 0 Å². The maximum Gasteiger partial charge on any atom is 0.318 e. The monoisotopic (exact) mass is 552 g/mol. The van der Waals surface area contributed by atoms with E-state index in [1.807, 2.05) is 0 Å². The van der Waals surface area contributed by atoms with E-state index >= 15 is 0 Å². The summed E-state index contributed by atoms with van der Waals surface area (Å²) >= 11 is 0. The van der Waals surface area contributed by atoms with Crippen molar-refractivity contribution in [3.8, 4) is 12.1 Å². The Hall–Kier alpha value is -4.00. The maximum absolute atomic E-state index is 12.5. The van der Waals surface area contributed by atoms with Crippen molar-refractivity contribution in [1.29, 1.82) is 5.26 Å². The molecule has 9 nitrogen and oxygen atoms in total. The molecule has 1 aromatic heterocycles. The minimum absolute atomic E-state index is 0.140. The van der Waals surface area contributed by atoms with Crippen LogP contribution in [-0.2, 0) is 22.6 Å². The van der Waals surface area contributed by atoms with Crippen molar-refractivity contribution in [3.05, 3.63) is 71.9 Å². The van der Waals surface area contributed by atoms with Gasteiger partial charge in [-0.2, -0.15) is 15.2 Å². The smallest absolute Gasteiger partial charge is 0.318 e. The molecule has 2 saturated heterocycles. The van der Waals surface area contributed by atoms with E-state index in [9.17, 15) is 10.1 Å². The van der Waals surface area contributed by atoms with Crippen LogP contribution < -0.4 is 9.64 Å². The van der Waals surface area contributed by atoms with Crippen molar-refractivity contribution in [2.24, 2.45) is 0 Å². The number of hydrogen-bond donors (Lipinski definition) is 0. The van der Waals surface area contributed by atoms with E-state index in [0.29, 0.717) is 51.3 Å². The SMILES string of the molecule is C=CC(=O)N1CCN(c2nc(OC[C@@H]3CCCN3C)nc3c2CO[C@H](c2cccc4ccccc24)C3)C[C@@H]1CC#N. The number of anilines is 1. The Morgan fingerprint density at radius 2 is 2.02 bits per heavy atom. The average molecular weight is 553 g/mol. The number of nitrogens with zero attached hydrogens (tertiary/aromatic N) is 6. The molecular weight excluding hydrogens is 516 g/mol. The highest BCUT2D eigenvalue weighted by molar-refractivity contribution is 5.87. The average Bonchev–Trinajstić information content (AvgIpc) is 3.43. The minimum atomic E-state index is -0.255. The number of likely N-dealkylation sites (tertiary alicyclic amines) is 1. The summed E-state index contributed by atoms with van der Waals surface area (Å²) in [4.78, 5) is 28.6. The summed E-state index contributed by atoms with van der Waals surface area (Å²) in [5.74, 6) is 0.621. The van der Waals surface area contributed by atoms with Crippen molar-refractivity contribution in [2.45, 2.75) is 50.5 Å². The number of ether oxygens (including phenoxy) is 2. The van der Waals surface area contributed by atoms with E-state index in [4.69, 9.17) is 19.4 Å². The van der Waals surface area contributed by atoms with Crippen molar-refractivity contribution in [1.82, 2.24) is 19.8 Å². The van der Waals surface area contributed by atoms with Crippen LogP contribution in [0.1, 0.15) is 42.2 Å². The molecule has 4 heterocycles. The number of amides is 1. The largest absolute Gasteiger partial charge is 0.462 e. The maximum atomic E-state index is 12.5. The fourth-order valence-corrected chi connectivity index (χ4v) is 6.38. The third kappa shape index (κ3) is 5.50. The zero-order chi connectivity index (χ0) is 28.3. The second-order valence-electron chi connectivity index (χ2n) is 11.1. The molecule has 9 heteroatoms. The molecule has 0 unspecified atom stereocenters. The van der Waals surface area contributed by atoms with Crippen LogP contribution in [0.3, 0.4) is 0 Å². The highest BCUT2D eigenvalue weighted by Gasteiger charge is 2.34. The molecule has 212 valence electrons. The van der Waals surface area contributed by atoms with Gasteiger partial charge < -0.3 is 24.2 Å². The van der Waals surface area contributed by atoms with Gasteiger partial charge in [0.05, 0.1) is 36.9 Å². The van der Waals surface area contributed by atoms with Gasteiger partial charge in [0.25, 0.3) is 0 Å². The molecule has 0 radical (unpaired) electrons. The summed E-state index contributed by atoms with van der Waals surface area (Å²) < 4.78 is 12.8. The number of carbonyl (C=O) groups excluding carboxylic acids is 1. The number of rotatable bonds is 7. The lowest BCUT2D eigenvalue weighted by molar-refractivity contribution is -0.128. The number of hydrogen-bond acceptors (Lipinski definition) is 8. The summed E-state index contributed by atoms with van der Waals surface area (Å²) in [5.41, 5.74) is 3.02. The third-order valence-corrected chi connectivity index (χ3v) is 8.67.